The summed E-state index contributed by atoms with van der Waals surface area (Å²) in [4.78, 5) is 15.8. The van der Waals surface area contributed by atoms with Crippen LogP contribution in [0.2, 0.25) is 0 Å². The van der Waals surface area contributed by atoms with E-state index in [-0.39, 0.29) is 5.91 Å². The summed E-state index contributed by atoms with van der Waals surface area (Å²) in [7, 11) is 1.57. The van der Waals surface area contributed by atoms with Crippen LogP contribution in [0.1, 0.15) is 24.3 Å². The second-order valence-corrected chi connectivity index (χ2v) is 5.93. The van der Waals surface area contributed by atoms with E-state index < -0.39 is 5.60 Å². The van der Waals surface area contributed by atoms with Crippen LogP contribution in [0.15, 0.2) is 12.1 Å². The minimum absolute atomic E-state index is 0.232. The fourth-order valence-electron chi connectivity index (χ4n) is 2.43. The summed E-state index contributed by atoms with van der Waals surface area (Å²) in [6, 6.07) is 3.51. The van der Waals surface area contributed by atoms with Crippen molar-refractivity contribution in [3.05, 3.63) is 17.8 Å². The molecule has 2 rings (SSSR count). The number of aliphatic hydroxyl groups is 1. The highest BCUT2D eigenvalue weighted by molar-refractivity contribution is 5.91. The molecule has 0 radical (unpaired) electrons. The summed E-state index contributed by atoms with van der Waals surface area (Å²) in [5, 5.41) is 20.4. The first-order valence-corrected chi connectivity index (χ1v) is 7.14. The molecule has 0 spiro atoms. The molecule has 0 saturated carbocycles. The van der Waals surface area contributed by atoms with Crippen molar-refractivity contribution in [2.24, 2.45) is 0 Å². The zero-order valence-electron chi connectivity index (χ0n) is 12.8. The molecule has 7 heteroatoms. The monoisotopic (exact) mass is 293 g/mol. The third kappa shape index (κ3) is 4.37. The molecular weight excluding hydrogens is 270 g/mol. The number of nitrogens with one attached hydrogen (secondary N) is 1. The van der Waals surface area contributed by atoms with Crippen LogP contribution >= 0.6 is 0 Å². The Morgan fingerprint density at radius 1 is 1.29 bits per heavy atom. The van der Waals surface area contributed by atoms with Gasteiger partial charge in [-0.05, 0) is 26.0 Å². The Morgan fingerprint density at radius 3 is 2.43 bits per heavy atom. The maximum atomic E-state index is 11.4. The fourth-order valence-corrected chi connectivity index (χ4v) is 2.43. The molecule has 0 aromatic carbocycles. The summed E-state index contributed by atoms with van der Waals surface area (Å²) in [5.41, 5.74) is -0.348. The molecule has 21 heavy (non-hydrogen) atoms. The van der Waals surface area contributed by atoms with Crippen LogP contribution in [-0.2, 0) is 0 Å². The number of carbonyl (C=O) groups excluding carboxylic acids is 1. The van der Waals surface area contributed by atoms with Gasteiger partial charge in [-0.2, -0.15) is 0 Å². The Hall–Kier alpha value is -1.73. The Morgan fingerprint density at radius 2 is 1.95 bits per heavy atom. The van der Waals surface area contributed by atoms with Crippen molar-refractivity contribution in [2.45, 2.75) is 19.4 Å². The number of piperazine rings is 1. The highest BCUT2D eigenvalue weighted by atomic mass is 16.3. The Balaban J connectivity index is 1.92. The molecule has 0 atom stereocenters. The molecule has 1 aromatic heterocycles. The summed E-state index contributed by atoms with van der Waals surface area (Å²) in [6.07, 6.45) is 0. The van der Waals surface area contributed by atoms with E-state index in [1.54, 1.807) is 13.1 Å². The van der Waals surface area contributed by atoms with Crippen LogP contribution in [0.3, 0.4) is 0 Å². The predicted molar refractivity (Wildman–Crippen MR) is 80.4 cm³/mol. The maximum Gasteiger partial charge on any atom is 0.271 e. The number of carbonyl (C=O) groups is 1. The number of anilines is 1. The molecule has 0 aliphatic carbocycles. The van der Waals surface area contributed by atoms with Gasteiger partial charge in [0.25, 0.3) is 5.91 Å². The van der Waals surface area contributed by atoms with Crippen molar-refractivity contribution in [3.63, 3.8) is 0 Å². The third-order valence-electron chi connectivity index (χ3n) is 3.42. The number of rotatable bonds is 4. The molecule has 7 nitrogen and oxygen atoms in total. The van der Waals surface area contributed by atoms with E-state index in [9.17, 15) is 9.90 Å². The number of hydrogen-bond donors (Lipinski definition) is 2. The first-order chi connectivity index (χ1) is 9.89. The van der Waals surface area contributed by atoms with Gasteiger partial charge in [-0.25, -0.2) is 0 Å². The Bertz CT molecular complexity index is 475. The van der Waals surface area contributed by atoms with Gasteiger partial charge in [0.1, 0.15) is 0 Å². The largest absolute Gasteiger partial charge is 0.389 e. The van der Waals surface area contributed by atoms with Crippen molar-refractivity contribution >= 4 is 11.7 Å². The molecule has 0 unspecified atom stereocenters. The van der Waals surface area contributed by atoms with Gasteiger partial charge in [0.2, 0.25) is 0 Å². The molecule has 1 aliphatic heterocycles. The topological polar surface area (TPSA) is 81.6 Å². The molecule has 116 valence electrons. The highest BCUT2D eigenvalue weighted by Crippen LogP contribution is 2.14. The van der Waals surface area contributed by atoms with Gasteiger partial charge in [0.05, 0.1) is 5.60 Å². The number of amides is 1. The van der Waals surface area contributed by atoms with E-state index in [0.717, 1.165) is 32.0 Å². The number of aromatic nitrogens is 2. The third-order valence-corrected chi connectivity index (χ3v) is 3.42. The van der Waals surface area contributed by atoms with Crippen LogP contribution < -0.4 is 10.2 Å². The normalized spacial score (nSPS) is 16.9. The first kappa shape index (κ1) is 15.7. The van der Waals surface area contributed by atoms with E-state index in [1.807, 2.05) is 19.9 Å². The smallest absolute Gasteiger partial charge is 0.271 e. The molecular formula is C14H23N5O2. The SMILES string of the molecule is CNC(=O)c1ccc(N2CCN(CC(C)(C)O)CC2)nn1. The standard InChI is InChI=1S/C14H23N5O2/c1-14(2,21)10-18-6-8-19(9-7-18)12-5-4-11(16-17-12)13(20)15-3/h4-5,21H,6-10H2,1-3H3,(H,15,20). The Labute approximate surface area is 125 Å². The van der Waals surface area contributed by atoms with Gasteiger partial charge >= 0.3 is 0 Å². The number of nitrogens with zero attached hydrogens (tertiary/aromatic N) is 4. The number of hydrogen-bond acceptors (Lipinski definition) is 6. The lowest BCUT2D eigenvalue weighted by atomic mass is 10.1. The minimum atomic E-state index is -0.670. The van der Waals surface area contributed by atoms with Gasteiger partial charge in [-0.15, -0.1) is 10.2 Å². The molecule has 1 saturated heterocycles. The average Bonchev–Trinajstić information content (AvgIpc) is 2.46. The zero-order valence-corrected chi connectivity index (χ0v) is 12.8. The van der Waals surface area contributed by atoms with E-state index in [1.165, 1.54) is 0 Å². The summed E-state index contributed by atoms with van der Waals surface area (Å²) < 4.78 is 0. The quantitative estimate of drug-likeness (QED) is 0.795. The maximum absolute atomic E-state index is 11.4. The molecule has 1 amide bonds. The summed E-state index contributed by atoms with van der Waals surface area (Å²) >= 11 is 0. The van der Waals surface area contributed by atoms with Crippen molar-refractivity contribution in [1.29, 1.82) is 0 Å². The van der Waals surface area contributed by atoms with Crippen molar-refractivity contribution in [3.8, 4) is 0 Å². The molecule has 1 aromatic rings. The van der Waals surface area contributed by atoms with Crippen molar-refractivity contribution in [2.75, 3.05) is 44.7 Å². The minimum Gasteiger partial charge on any atom is -0.389 e. The first-order valence-electron chi connectivity index (χ1n) is 7.14. The molecule has 2 N–H and O–H groups in total. The highest BCUT2D eigenvalue weighted by Gasteiger charge is 2.23. The van der Waals surface area contributed by atoms with Crippen LogP contribution in [0, 0.1) is 0 Å². The van der Waals surface area contributed by atoms with Gasteiger partial charge in [0.15, 0.2) is 11.5 Å². The predicted octanol–water partition coefficient (Wildman–Crippen LogP) is -0.271. The van der Waals surface area contributed by atoms with Gasteiger partial charge in [-0.1, -0.05) is 0 Å². The lowest BCUT2D eigenvalue weighted by molar-refractivity contribution is 0.0344. The van der Waals surface area contributed by atoms with Gasteiger partial charge in [0, 0.05) is 39.8 Å². The summed E-state index contributed by atoms with van der Waals surface area (Å²) in [6.45, 7) is 7.74. The van der Waals surface area contributed by atoms with E-state index >= 15 is 0 Å². The van der Waals surface area contributed by atoms with Gasteiger partial charge in [-0.3, -0.25) is 9.69 Å². The van der Waals surface area contributed by atoms with Gasteiger partial charge < -0.3 is 15.3 Å². The van der Waals surface area contributed by atoms with E-state index in [0.29, 0.717) is 12.2 Å². The fraction of sp³-hybridized carbons (Fsp3) is 0.643. The average molecular weight is 293 g/mol. The van der Waals surface area contributed by atoms with Crippen molar-refractivity contribution < 1.29 is 9.90 Å². The zero-order chi connectivity index (χ0) is 15.5. The second-order valence-electron chi connectivity index (χ2n) is 5.93. The lowest BCUT2D eigenvalue weighted by Gasteiger charge is -2.37. The van der Waals surface area contributed by atoms with Crippen LogP contribution in [0.25, 0.3) is 0 Å². The molecule has 2 heterocycles. The van der Waals surface area contributed by atoms with Crippen LogP contribution in [0.4, 0.5) is 5.82 Å². The summed E-state index contributed by atoms with van der Waals surface area (Å²) in [5.74, 6) is 0.551. The molecule has 0 bridgehead atoms. The second kappa shape index (κ2) is 6.36. The number of β-amino-alcohol motifs (C(OH)–C–C–N with tert-alkyl or cyclic N) is 1. The van der Waals surface area contributed by atoms with E-state index in [2.05, 4.69) is 25.3 Å². The molecule has 1 aliphatic rings. The Kier molecular flexibility index (Phi) is 4.74. The van der Waals surface area contributed by atoms with E-state index in [4.69, 9.17) is 0 Å². The van der Waals surface area contributed by atoms with Crippen LogP contribution in [-0.4, -0.2) is 71.5 Å². The molecule has 1 fully saturated rings. The lowest BCUT2D eigenvalue weighted by Crippen LogP contribution is -2.50. The van der Waals surface area contributed by atoms with Crippen LogP contribution in [0.5, 0.6) is 0 Å². The van der Waals surface area contributed by atoms with Crippen molar-refractivity contribution in [1.82, 2.24) is 20.4 Å².